The van der Waals surface area contributed by atoms with Crippen LogP contribution in [0.4, 0.5) is 0 Å². The molecule has 0 bridgehead atoms. The standard InChI is InChI=1S/C69H116N2O31/c72-40-47-21-24-50(78)64(95-47)90-35-13-6-1-3-10-18-46(77)20-30-60(86)101-63-62(100-59(85)29-19-45(76)17-9-4-2-7-14-37-93-67-53(81)39-69(88,89)55(43-75)99-67)54(44-94-58(84)31-27-56(82)70-33-11-5-8-15-36-91-65-51(79)25-22-48(41-73)96-65)98-68(63)102-61(87)32-28-57(83)71-34-12-16-38-92-66-52(80)26-23-49(42-74)97-66/h47-55,62-68,72-75,78-81,88-89H,1-44H2,(H,70,82)(H,71,83). The molecule has 0 radical (unpaired) electrons. The monoisotopic (exact) mass is 1470 g/mol. The highest BCUT2D eigenvalue weighted by Crippen LogP contribution is 2.32. The van der Waals surface area contributed by atoms with Crippen molar-refractivity contribution in [1.82, 2.24) is 10.6 Å². The van der Waals surface area contributed by atoms with Gasteiger partial charge in [-0.2, -0.15) is 0 Å². The molecule has 5 aliphatic rings. The first kappa shape index (κ1) is 88.0. The van der Waals surface area contributed by atoms with Crippen molar-refractivity contribution in [1.29, 1.82) is 0 Å². The maximum absolute atomic E-state index is 13.7. The zero-order valence-corrected chi connectivity index (χ0v) is 58.9. The maximum Gasteiger partial charge on any atom is 0.308 e. The van der Waals surface area contributed by atoms with Crippen molar-refractivity contribution in [3.8, 4) is 0 Å². The van der Waals surface area contributed by atoms with Crippen LogP contribution >= 0.6 is 0 Å². The number of amides is 2. The summed E-state index contributed by atoms with van der Waals surface area (Å²) in [6.45, 7) is -0.377. The molecule has 12 N–H and O–H groups in total. The molecule has 0 aliphatic carbocycles. The number of hydrogen-bond acceptors (Lipinski definition) is 31. The van der Waals surface area contributed by atoms with Gasteiger partial charge in [-0.1, -0.05) is 51.4 Å². The largest absolute Gasteiger partial charge is 0.463 e. The van der Waals surface area contributed by atoms with Gasteiger partial charge in [0.25, 0.3) is 0 Å². The zero-order chi connectivity index (χ0) is 74.1. The summed E-state index contributed by atoms with van der Waals surface area (Å²) < 4.78 is 73.4. The van der Waals surface area contributed by atoms with Gasteiger partial charge in [0.2, 0.25) is 24.2 Å². The normalized spacial score (nSPS) is 27.9. The lowest BCUT2D eigenvalue weighted by molar-refractivity contribution is -0.349. The van der Waals surface area contributed by atoms with E-state index in [0.29, 0.717) is 135 Å². The summed E-state index contributed by atoms with van der Waals surface area (Å²) in [4.78, 5) is 106. The molecule has 102 heavy (non-hydrogen) atoms. The highest BCUT2D eigenvalue weighted by atomic mass is 16.8. The lowest BCUT2D eigenvalue weighted by atomic mass is 9.99. The number of aliphatic hydroxyl groups is 10. The lowest BCUT2D eigenvalue weighted by Gasteiger charge is -2.41. The molecule has 5 rings (SSSR count). The van der Waals surface area contributed by atoms with Crippen LogP contribution in [0.3, 0.4) is 0 Å². The summed E-state index contributed by atoms with van der Waals surface area (Å²) in [5.41, 5.74) is 0. The predicted molar refractivity (Wildman–Crippen MR) is 352 cm³/mol. The van der Waals surface area contributed by atoms with Gasteiger partial charge in [0.1, 0.15) is 54.8 Å². The van der Waals surface area contributed by atoms with Crippen molar-refractivity contribution in [2.45, 2.75) is 316 Å². The Labute approximate surface area is 595 Å². The molecular weight excluding hydrogens is 1350 g/mol. The van der Waals surface area contributed by atoms with Crippen molar-refractivity contribution in [2.24, 2.45) is 0 Å². The van der Waals surface area contributed by atoms with Gasteiger partial charge in [0.05, 0.1) is 70.4 Å². The van der Waals surface area contributed by atoms with Crippen molar-refractivity contribution >= 4 is 47.3 Å². The van der Waals surface area contributed by atoms with E-state index < -0.39 is 173 Å². The highest BCUT2D eigenvalue weighted by molar-refractivity contribution is 5.84. The van der Waals surface area contributed by atoms with Gasteiger partial charge in [0.15, 0.2) is 37.1 Å². The number of ether oxygens (including phenoxy) is 13. The Hall–Kier alpha value is -4.60. The van der Waals surface area contributed by atoms with Crippen molar-refractivity contribution in [3.05, 3.63) is 0 Å². The third kappa shape index (κ3) is 34.8. The Balaban J connectivity index is 1.14. The number of carbonyl (C=O) groups excluding carboxylic acids is 8. The van der Waals surface area contributed by atoms with Gasteiger partial charge < -0.3 is 123 Å². The molecule has 0 aromatic heterocycles. The van der Waals surface area contributed by atoms with Crippen LogP contribution in [0, 0.1) is 0 Å². The van der Waals surface area contributed by atoms with Gasteiger partial charge in [-0.05, 0) is 89.9 Å². The second-order valence-electron chi connectivity index (χ2n) is 26.7. The van der Waals surface area contributed by atoms with E-state index in [-0.39, 0.29) is 102 Å². The molecule has 0 saturated carbocycles. The summed E-state index contributed by atoms with van der Waals surface area (Å²) in [6, 6.07) is 0. The Morgan fingerprint density at radius 1 is 0.363 bits per heavy atom. The molecule has 588 valence electrons. The molecule has 5 fully saturated rings. The van der Waals surface area contributed by atoms with Crippen LogP contribution in [-0.4, -0.2) is 275 Å². The second-order valence-corrected chi connectivity index (χ2v) is 26.7. The second kappa shape index (κ2) is 50.0. The number of esters is 4. The average Bonchev–Trinajstić information content (AvgIpc) is 1.56. The fourth-order valence-corrected chi connectivity index (χ4v) is 12.0. The van der Waals surface area contributed by atoms with E-state index in [9.17, 15) is 89.4 Å². The lowest BCUT2D eigenvalue weighted by Crippen LogP contribution is -2.58. The Bertz CT molecular complexity index is 2430. The number of carbonyl (C=O) groups is 8. The van der Waals surface area contributed by atoms with E-state index in [0.717, 1.165) is 25.7 Å². The van der Waals surface area contributed by atoms with Crippen molar-refractivity contribution < 1.29 is 151 Å². The number of aliphatic hydroxyl groups excluding tert-OH is 8. The summed E-state index contributed by atoms with van der Waals surface area (Å²) in [6.07, 6.45) is -6.82. The molecule has 2 amide bonds. The smallest absolute Gasteiger partial charge is 0.308 e. The van der Waals surface area contributed by atoms with Gasteiger partial charge in [-0.25, -0.2) is 0 Å². The fraction of sp³-hybridized carbons (Fsp3) is 0.884. The Morgan fingerprint density at radius 3 is 1.19 bits per heavy atom. The molecule has 33 heteroatoms. The summed E-state index contributed by atoms with van der Waals surface area (Å²) in [5.74, 6) is -7.74. The molecule has 0 aromatic carbocycles. The first-order chi connectivity index (χ1) is 49.1. The van der Waals surface area contributed by atoms with E-state index in [1.54, 1.807) is 0 Å². The average molecular weight is 1470 g/mol. The maximum atomic E-state index is 13.7. The Morgan fingerprint density at radius 2 is 0.735 bits per heavy atom. The van der Waals surface area contributed by atoms with Gasteiger partial charge in [-0.15, -0.1) is 0 Å². The summed E-state index contributed by atoms with van der Waals surface area (Å²) >= 11 is 0. The molecular formula is C69H116N2O31. The topological polar surface area (TPSA) is 483 Å². The Kier molecular flexibility index (Phi) is 43.2. The number of rotatable bonds is 53. The number of ketones is 2. The molecule has 16 unspecified atom stereocenters. The fourth-order valence-electron chi connectivity index (χ4n) is 12.0. The van der Waals surface area contributed by atoms with Crippen LogP contribution in [0.5, 0.6) is 0 Å². The van der Waals surface area contributed by atoms with Crippen LogP contribution in [0.25, 0.3) is 0 Å². The SMILES string of the molecule is O=C(CCCCCCCOC1OC(CO)C(O)(O)CC1O)CCC(=O)OC1C(COC(=O)CCC(=O)NCCCCCCOC2OC(CO)CCC2O)OC(OC(=O)CCC(=O)NCCCCOC2OC(CO)CCC2O)C1OC(=O)CCC(=O)CCCCCCCOC1OC(CO)CCC1O. The molecule has 16 atom stereocenters. The van der Waals surface area contributed by atoms with E-state index in [4.69, 9.17) is 61.6 Å². The van der Waals surface area contributed by atoms with Gasteiger partial charge in [0, 0.05) is 84.5 Å². The third-order valence-corrected chi connectivity index (χ3v) is 18.1. The first-order valence-corrected chi connectivity index (χ1v) is 36.8. The molecule has 5 aliphatic heterocycles. The summed E-state index contributed by atoms with van der Waals surface area (Å²) in [5, 5.41) is 104. The van der Waals surface area contributed by atoms with Gasteiger partial charge in [-0.3, -0.25) is 38.4 Å². The van der Waals surface area contributed by atoms with Gasteiger partial charge >= 0.3 is 23.9 Å². The highest BCUT2D eigenvalue weighted by Gasteiger charge is 2.53. The van der Waals surface area contributed by atoms with Crippen molar-refractivity contribution in [2.75, 3.05) is 72.6 Å². The van der Waals surface area contributed by atoms with Crippen LogP contribution < -0.4 is 10.6 Å². The van der Waals surface area contributed by atoms with Crippen LogP contribution in [-0.2, 0) is 99.9 Å². The van der Waals surface area contributed by atoms with E-state index in [1.165, 1.54) is 0 Å². The summed E-state index contributed by atoms with van der Waals surface area (Å²) in [7, 11) is 0. The first-order valence-electron chi connectivity index (χ1n) is 36.8. The van der Waals surface area contributed by atoms with Crippen LogP contribution in [0.15, 0.2) is 0 Å². The molecule has 5 saturated heterocycles. The molecule has 0 spiro atoms. The molecule has 33 nitrogen and oxygen atoms in total. The number of Topliss-reactive ketones (excluding diaryl/α,β-unsaturated/α-hetero) is 2. The minimum atomic E-state index is -2.41. The number of hydrogen-bond donors (Lipinski definition) is 12. The predicted octanol–water partition coefficient (Wildman–Crippen LogP) is 0.925. The molecule has 5 heterocycles. The minimum absolute atomic E-state index is 0.111. The van der Waals surface area contributed by atoms with Crippen molar-refractivity contribution in [3.63, 3.8) is 0 Å². The van der Waals surface area contributed by atoms with E-state index >= 15 is 0 Å². The quantitative estimate of drug-likeness (QED) is 0.0174. The number of unbranched alkanes of at least 4 members (excludes halogenated alkanes) is 12. The minimum Gasteiger partial charge on any atom is -0.463 e. The van der Waals surface area contributed by atoms with E-state index in [1.807, 2.05) is 0 Å². The molecule has 0 aromatic rings. The van der Waals surface area contributed by atoms with Crippen LogP contribution in [0.2, 0.25) is 0 Å². The van der Waals surface area contributed by atoms with E-state index in [2.05, 4.69) is 10.6 Å². The third-order valence-electron chi connectivity index (χ3n) is 18.1. The number of nitrogens with one attached hydrogen (secondary N) is 2. The van der Waals surface area contributed by atoms with Crippen LogP contribution in [0.1, 0.15) is 212 Å². The zero-order valence-electron chi connectivity index (χ0n) is 58.9.